The number of allylic oxidation sites excluding steroid dienone is 3. The lowest BCUT2D eigenvalue weighted by Crippen LogP contribution is -2.21. The lowest BCUT2D eigenvalue weighted by molar-refractivity contribution is -0.144. The van der Waals surface area contributed by atoms with Gasteiger partial charge in [0.05, 0.1) is 14.2 Å². The average molecular weight is 266 g/mol. The van der Waals surface area contributed by atoms with Crippen LogP contribution in [-0.4, -0.2) is 26.2 Å². The molecule has 1 aliphatic carbocycles. The first-order chi connectivity index (χ1) is 8.84. The second kappa shape index (κ2) is 6.04. The molecule has 0 aromatic heterocycles. The van der Waals surface area contributed by atoms with Crippen molar-refractivity contribution < 1.29 is 19.1 Å². The number of esters is 2. The monoisotopic (exact) mass is 266 g/mol. The average Bonchev–Trinajstić information content (AvgIpc) is 2.64. The van der Waals surface area contributed by atoms with E-state index < -0.39 is 11.9 Å². The van der Waals surface area contributed by atoms with Gasteiger partial charge in [-0.15, -0.1) is 0 Å². The van der Waals surface area contributed by atoms with E-state index in [0.29, 0.717) is 12.3 Å². The van der Waals surface area contributed by atoms with Crippen molar-refractivity contribution in [1.29, 1.82) is 0 Å². The molecule has 0 N–H and O–H groups in total. The second-order valence-corrected chi connectivity index (χ2v) is 5.38. The maximum absolute atomic E-state index is 11.5. The fourth-order valence-electron chi connectivity index (χ4n) is 2.32. The Kier molecular flexibility index (Phi) is 4.92. The van der Waals surface area contributed by atoms with E-state index in [1.165, 1.54) is 19.8 Å². The van der Waals surface area contributed by atoms with Crippen molar-refractivity contribution in [2.24, 2.45) is 11.3 Å². The molecular formula is C15H22O4. The summed E-state index contributed by atoms with van der Waals surface area (Å²) in [5, 5.41) is 0. The highest BCUT2D eigenvalue weighted by atomic mass is 16.5. The van der Waals surface area contributed by atoms with Crippen LogP contribution in [0.3, 0.4) is 0 Å². The predicted octanol–water partition coefficient (Wildman–Crippen LogP) is 2.64. The fourth-order valence-corrected chi connectivity index (χ4v) is 2.32. The van der Waals surface area contributed by atoms with E-state index in [1.54, 1.807) is 6.08 Å². The Morgan fingerprint density at radius 1 is 1.32 bits per heavy atom. The molecule has 0 saturated heterocycles. The quantitative estimate of drug-likeness (QED) is 0.258. The molecule has 1 unspecified atom stereocenters. The Labute approximate surface area is 114 Å². The molecule has 0 aliphatic heterocycles. The van der Waals surface area contributed by atoms with Crippen molar-refractivity contribution in [3.05, 3.63) is 23.3 Å². The van der Waals surface area contributed by atoms with Gasteiger partial charge in [-0.1, -0.05) is 31.6 Å². The molecule has 0 bridgehead atoms. The van der Waals surface area contributed by atoms with Gasteiger partial charge in [0.25, 0.3) is 0 Å². The first-order valence-corrected chi connectivity index (χ1v) is 6.38. The molecule has 4 heteroatoms. The molecule has 1 rings (SSSR count). The van der Waals surface area contributed by atoms with Gasteiger partial charge in [-0.05, 0) is 31.1 Å². The van der Waals surface area contributed by atoms with E-state index in [9.17, 15) is 9.59 Å². The van der Waals surface area contributed by atoms with Crippen molar-refractivity contribution in [2.75, 3.05) is 14.2 Å². The minimum Gasteiger partial charge on any atom is -0.465 e. The van der Waals surface area contributed by atoms with Gasteiger partial charge >= 0.3 is 11.9 Å². The summed E-state index contributed by atoms with van der Waals surface area (Å²) in [5.74, 6) is -0.906. The Hall–Kier alpha value is -1.58. The zero-order valence-electron chi connectivity index (χ0n) is 12.3. The van der Waals surface area contributed by atoms with Crippen molar-refractivity contribution >= 4 is 11.9 Å². The summed E-state index contributed by atoms with van der Waals surface area (Å²) in [6.45, 7) is 6.48. The molecule has 1 atom stereocenters. The van der Waals surface area contributed by atoms with Gasteiger partial charge in [0.2, 0.25) is 0 Å². The lowest BCUT2D eigenvalue weighted by Gasteiger charge is -2.29. The van der Waals surface area contributed by atoms with Crippen molar-refractivity contribution in [1.82, 2.24) is 0 Å². The third kappa shape index (κ3) is 3.25. The highest BCUT2D eigenvalue weighted by Crippen LogP contribution is 2.44. The molecule has 0 spiro atoms. The normalized spacial score (nSPS) is 20.5. The van der Waals surface area contributed by atoms with Crippen LogP contribution in [0.15, 0.2) is 23.3 Å². The molecule has 0 saturated carbocycles. The minimum absolute atomic E-state index is 0.0228. The fraction of sp³-hybridized carbons (Fsp3) is 0.600. The number of carbonyl (C=O) groups excluding carboxylic acids is 2. The van der Waals surface area contributed by atoms with Crippen LogP contribution in [0.1, 0.15) is 33.6 Å². The van der Waals surface area contributed by atoms with Crippen LogP contribution in [0.4, 0.5) is 0 Å². The zero-order valence-corrected chi connectivity index (χ0v) is 12.3. The number of rotatable bonds is 4. The second-order valence-electron chi connectivity index (χ2n) is 5.38. The molecule has 0 aromatic carbocycles. The van der Waals surface area contributed by atoms with Crippen LogP contribution in [0.25, 0.3) is 0 Å². The molecule has 106 valence electrons. The Bertz CT molecular complexity index is 411. The minimum atomic E-state index is -0.646. The number of ether oxygens (including phenoxy) is 2. The first kappa shape index (κ1) is 15.5. The Morgan fingerprint density at radius 3 is 2.21 bits per heavy atom. The lowest BCUT2D eigenvalue weighted by atomic mass is 9.76. The molecule has 1 aliphatic rings. The van der Waals surface area contributed by atoms with Crippen molar-refractivity contribution in [3.8, 4) is 0 Å². The molecule has 19 heavy (non-hydrogen) atoms. The molecule has 4 nitrogen and oxygen atoms in total. The first-order valence-electron chi connectivity index (χ1n) is 6.38. The Balaban J connectivity index is 2.83. The largest absolute Gasteiger partial charge is 0.465 e. The number of hydrogen-bond donors (Lipinski definition) is 0. The molecule has 0 aromatic rings. The van der Waals surface area contributed by atoms with Crippen LogP contribution in [0.2, 0.25) is 0 Å². The van der Waals surface area contributed by atoms with E-state index in [-0.39, 0.29) is 11.0 Å². The number of hydrogen-bond acceptors (Lipinski definition) is 4. The van der Waals surface area contributed by atoms with Crippen molar-refractivity contribution in [3.63, 3.8) is 0 Å². The number of methoxy groups -OCH3 is 2. The van der Waals surface area contributed by atoms with E-state index >= 15 is 0 Å². The Morgan fingerprint density at radius 2 is 1.84 bits per heavy atom. The van der Waals surface area contributed by atoms with Crippen LogP contribution >= 0.6 is 0 Å². The van der Waals surface area contributed by atoms with E-state index in [2.05, 4.69) is 36.3 Å². The van der Waals surface area contributed by atoms with Gasteiger partial charge in [0.15, 0.2) is 0 Å². The van der Waals surface area contributed by atoms with Gasteiger partial charge in [-0.2, -0.15) is 0 Å². The summed E-state index contributed by atoms with van der Waals surface area (Å²) in [6.07, 6.45) is 5.47. The molecule has 0 fully saturated rings. The van der Waals surface area contributed by atoms with Crippen LogP contribution in [0.5, 0.6) is 0 Å². The molecule has 0 amide bonds. The summed E-state index contributed by atoms with van der Waals surface area (Å²) in [5.41, 5.74) is 1.42. The smallest absolute Gasteiger partial charge is 0.344 e. The zero-order chi connectivity index (χ0) is 14.6. The van der Waals surface area contributed by atoms with Crippen LogP contribution in [-0.2, 0) is 19.1 Å². The van der Waals surface area contributed by atoms with Gasteiger partial charge in [-0.3, -0.25) is 0 Å². The number of carbonyl (C=O) groups is 2. The maximum atomic E-state index is 11.5. The summed E-state index contributed by atoms with van der Waals surface area (Å²) in [7, 11) is 2.51. The van der Waals surface area contributed by atoms with Gasteiger partial charge in [0, 0.05) is 0 Å². The van der Waals surface area contributed by atoms with Crippen LogP contribution < -0.4 is 0 Å². The summed E-state index contributed by atoms with van der Waals surface area (Å²) < 4.78 is 9.21. The van der Waals surface area contributed by atoms with E-state index in [4.69, 9.17) is 0 Å². The summed E-state index contributed by atoms with van der Waals surface area (Å²) in [4.78, 5) is 23.1. The van der Waals surface area contributed by atoms with Gasteiger partial charge < -0.3 is 9.47 Å². The van der Waals surface area contributed by atoms with E-state index in [1.807, 2.05) is 0 Å². The summed E-state index contributed by atoms with van der Waals surface area (Å²) in [6, 6.07) is 0. The van der Waals surface area contributed by atoms with Gasteiger partial charge in [0.1, 0.15) is 5.57 Å². The highest BCUT2D eigenvalue weighted by molar-refractivity contribution is 6.13. The molecule has 0 heterocycles. The molecular weight excluding hydrogens is 244 g/mol. The third-order valence-corrected chi connectivity index (χ3v) is 4.16. The highest BCUT2D eigenvalue weighted by Gasteiger charge is 2.34. The van der Waals surface area contributed by atoms with Crippen molar-refractivity contribution in [2.45, 2.75) is 33.6 Å². The van der Waals surface area contributed by atoms with Crippen LogP contribution in [0, 0.1) is 11.3 Å². The van der Waals surface area contributed by atoms with Gasteiger partial charge in [-0.25, -0.2) is 9.59 Å². The summed E-state index contributed by atoms with van der Waals surface area (Å²) >= 11 is 0. The molecule has 0 radical (unpaired) electrons. The SMILES string of the molecule is COC(=O)C(=CCC1CC=C(C)C1(C)C)C(=O)OC. The predicted molar refractivity (Wildman–Crippen MR) is 72.4 cm³/mol. The standard InChI is InChI=1S/C15H22O4/c1-10-6-7-11(15(10,2)3)8-9-12(13(16)18-4)14(17)19-5/h6,9,11H,7-8H2,1-5H3. The maximum Gasteiger partial charge on any atom is 0.344 e. The third-order valence-electron chi connectivity index (χ3n) is 4.16. The topological polar surface area (TPSA) is 52.6 Å². The van der Waals surface area contributed by atoms with E-state index in [0.717, 1.165) is 6.42 Å².